The first kappa shape index (κ1) is 20.3. The highest BCUT2D eigenvalue weighted by Crippen LogP contribution is 2.38. The fourth-order valence-electron chi connectivity index (χ4n) is 4.90. The standard InChI is InChI=1S/C23H26FN3O3/c1-14-6-4-5-11-23(14)21(29)26(22(30)25-23)13-20(28)19-12-15(2)27(16(19)3)18-9-7-17(24)8-10-18/h7-10,12,14H,4-6,11,13H2,1-3H3,(H,25,30)/t14-,23-/m0/s1. The Hall–Kier alpha value is -2.96. The minimum absolute atomic E-state index is 0.0475. The summed E-state index contributed by atoms with van der Waals surface area (Å²) >= 11 is 0. The summed E-state index contributed by atoms with van der Waals surface area (Å²) < 4.78 is 15.1. The molecular weight excluding hydrogens is 385 g/mol. The van der Waals surface area contributed by atoms with Crippen molar-refractivity contribution in [2.24, 2.45) is 5.92 Å². The molecule has 3 amide bonds. The molecule has 0 unspecified atom stereocenters. The number of halogens is 1. The molecule has 1 aromatic heterocycles. The molecule has 6 nitrogen and oxygen atoms in total. The second-order valence-electron chi connectivity index (χ2n) is 8.46. The van der Waals surface area contributed by atoms with E-state index in [1.165, 1.54) is 12.1 Å². The maximum atomic E-state index is 13.3. The summed E-state index contributed by atoms with van der Waals surface area (Å²) in [7, 11) is 0. The second-order valence-corrected chi connectivity index (χ2v) is 8.46. The molecule has 4 rings (SSSR count). The number of hydrogen-bond acceptors (Lipinski definition) is 3. The zero-order valence-electron chi connectivity index (χ0n) is 17.5. The van der Waals surface area contributed by atoms with E-state index in [0.29, 0.717) is 17.7 Å². The summed E-state index contributed by atoms with van der Waals surface area (Å²) in [5.74, 6) is -0.867. The van der Waals surface area contributed by atoms with Crippen molar-refractivity contribution in [1.82, 2.24) is 14.8 Å². The SMILES string of the molecule is Cc1cc(C(=O)CN2C(=O)N[C@]3(CCCC[C@@H]3C)C2=O)c(C)n1-c1ccc(F)cc1. The Labute approximate surface area is 175 Å². The number of nitrogens with zero attached hydrogens (tertiary/aromatic N) is 2. The molecule has 0 bridgehead atoms. The van der Waals surface area contributed by atoms with Crippen LogP contribution in [0.25, 0.3) is 5.69 Å². The van der Waals surface area contributed by atoms with E-state index in [-0.39, 0.29) is 30.0 Å². The Morgan fingerprint density at radius 3 is 2.57 bits per heavy atom. The van der Waals surface area contributed by atoms with E-state index >= 15 is 0 Å². The van der Waals surface area contributed by atoms with E-state index in [0.717, 1.165) is 35.5 Å². The zero-order valence-corrected chi connectivity index (χ0v) is 17.5. The predicted molar refractivity (Wildman–Crippen MR) is 110 cm³/mol. The van der Waals surface area contributed by atoms with Crippen molar-refractivity contribution in [1.29, 1.82) is 0 Å². The predicted octanol–water partition coefficient (Wildman–Crippen LogP) is 3.92. The molecule has 1 aromatic carbocycles. The van der Waals surface area contributed by atoms with Gasteiger partial charge >= 0.3 is 6.03 Å². The Morgan fingerprint density at radius 1 is 1.20 bits per heavy atom. The van der Waals surface area contributed by atoms with E-state index < -0.39 is 11.6 Å². The van der Waals surface area contributed by atoms with Crippen LogP contribution in [0.4, 0.5) is 9.18 Å². The lowest BCUT2D eigenvalue weighted by Gasteiger charge is -2.36. The molecule has 2 aliphatic rings. The Morgan fingerprint density at radius 2 is 1.90 bits per heavy atom. The molecule has 1 aliphatic carbocycles. The van der Waals surface area contributed by atoms with Crippen LogP contribution >= 0.6 is 0 Å². The van der Waals surface area contributed by atoms with Crippen LogP contribution in [-0.4, -0.2) is 39.3 Å². The van der Waals surface area contributed by atoms with Gasteiger partial charge in [0.2, 0.25) is 0 Å². The summed E-state index contributed by atoms with van der Waals surface area (Å²) in [4.78, 5) is 39.8. The number of carbonyl (C=O) groups excluding carboxylic acids is 3. The number of benzene rings is 1. The normalized spacial score (nSPS) is 23.9. The molecule has 158 valence electrons. The van der Waals surface area contributed by atoms with E-state index in [1.807, 2.05) is 18.4 Å². The average Bonchev–Trinajstić information content (AvgIpc) is 3.13. The van der Waals surface area contributed by atoms with Crippen LogP contribution < -0.4 is 5.32 Å². The lowest BCUT2D eigenvalue weighted by atomic mass is 9.73. The number of hydrogen-bond donors (Lipinski definition) is 1. The van der Waals surface area contributed by atoms with Crippen molar-refractivity contribution in [2.75, 3.05) is 6.54 Å². The van der Waals surface area contributed by atoms with Crippen LogP contribution in [0.15, 0.2) is 30.3 Å². The molecular formula is C23H26FN3O3. The maximum Gasteiger partial charge on any atom is 0.325 e. The van der Waals surface area contributed by atoms with Crippen LogP contribution in [0, 0.1) is 25.6 Å². The first-order valence-electron chi connectivity index (χ1n) is 10.4. The smallest absolute Gasteiger partial charge is 0.323 e. The van der Waals surface area contributed by atoms with Gasteiger partial charge in [-0.25, -0.2) is 9.18 Å². The molecule has 1 N–H and O–H groups in total. The van der Waals surface area contributed by atoms with Gasteiger partial charge in [-0.1, -0.05) is 19.8 Å². The average molecular weight is 411 g/mol. The van der Waals surface area contributed by atoms with Gasteiger partial charge in [-0.2, -0.15) is 0 Å². The Balaban J connectivity index is 1.59. The van der Waals surface area contributed by atoms with Crippen LogP contribution in [0.1, 0.15) is 54.4 Å². The quantitative estimate of drug-likeness (QED) is 0.612. The molecule has 1 aliphatic heterocycles. The maximum absolute atomic E-state index is 13.3. The Kier molecular flexibility index (Phi) is 5.00. The third-order valence-corrected chi connectivity index (χ3v) is 6.62. The molecule has 7 heteroatoms. The van der Waals surface area contributed by atoms with Gasteiger partial charge < -0.3 is 9.88 Å². The third-order valence-electron chi connectivity index (χ3n) is 6.62. The highest BCUT2D eigenvalue weighted by molar-refractivity contribution is 6.11. The van der Waals surface area contributed by atoms with Crippen molar-refractivity contribution in [2.45, 2.75) is 52.0 Å². The van der Waals surface area contributed by atoms with E-state index in [1.54, 1.807) is 25.1 Å². The third kappa shape index (κ3) is 3.13. The van der Waals surface area contributed by atoms with Crippen LogP contribution in [0.2, 0.25) is 0 Å². The fourth-order valence-corrected chi connectivity index (χ4v) is 4.90. The topological polar surface area (TPSA) is 71.4 Å². The summed E-state index contributed by atoms with van der Waals surface area (Å²) in [6.45, 7) is 5.37. The summed E-state index contributed by atoms with van der Waals surface area (Å²) in [6, 6.07) is 7.29. The van der Waals surface area contributed by atoms with Crippen molar-refractivity contribution < 1.29 is 18.8 Å². The van der Waals surface area contributed by atoms with Crippen molar-refractivity contribution >= 4 is 17.7 Å². The van der Waals surface area contributed by atoms with Gasteiger partial charge in [-0.3, -0.25) is 14.5 Å². The number of amides is 3. The number of imide groups is 1. The monoisotopic (exact) mass is 411 g/mol. The van der Waals surface area contributed by atoms with Gasteiger partial charge in [0.05, 0.1) is 6.54 Å². The second kappa shape index (κ2) is 7.38. The summed E-state index contributed by atoms with van der Waals surface area (Å²) in [5, 5.41) is 2.88. The largest absolute Gasteiger partial charge is 0.325 e. The number of aryl methyl sites for hydroxylation is 1. The molecule has 1 spiro atoms. The fraction of sp³-hybridized carbons (Fsp3) is 0.435. The highest BCUT2D eigenvalue weighted by atomic mass is 19.1. The van der Waals surface area contributed by atoms with Crippen LogP contribution in [0.5, 0.6) is 0 Å². The van der Waals surface area contributed by atoms with E-state index in [2.05, 4.69) is 5.32 Å². The highest BCUT2D eigenvalue weighted by Gasteiger charge is 2.55. The number of ketones is 1. The van der Waals surface area contributed by atoms with E-state index in [4.69, 9.17) is 0 Å². The number of nitrogens with one attached hydrogen (secondary N) is 1. The Bertz CT molecular complexity index is 1030. The minimum Gasteiger partial charge on any atom is -0.323 e. The van der Waals surface area contributed by atoms with Crippen molar-refractivity contribution in [3.05, 3.63) is 53.1 Å². The molecule has 1 saturated carbocycles. The number of Topliss-reactive ketones (excluding diaryl/α,β-unsaturated/α-hetero) is 1. The van der Waals surface area contributed by atoms with Gasteiger partial charge in [0.1, 0.15) is 11.4 Å². The number of rotatable bonds is 4. The number of carbonyl (C=O) groups is 3. The summed E-state index contributed by atoms with van der Waals surface area (Å²) in [5.41, 5.74) is 1.83. The van der Waals surface area contributed by atoms with Crippen LogP contribution in [-0.2, 0) is 4.79 Å². The molecule has 2 heterocycles. The first-order valence-corrected chi connectivity index (χ1v) is 10.4. The zero-order chi connectivity index (χ0) is 21.6. The van der Waals surface area contributed by atoms with Gasteiger partial charge in [0.25, 0.3) is 5.91 Å². The van der Waals surface area contributed by atoms with Gasteiger partial charge in [0.15, 0.2) is 5.78 Å². The van der Waals surface area contributed by atoms with Crippen molar-refractivity contribution in [3.8, 4) is 5.69 Å². The number of aromatic nitrogens is 1. The van der Waals surface area contributed by atoms with E-state index in [9.17, 15) is 18.8 Å². The van der Waals surface area contributed by atoms with Crippen LogP contribution in [0.3, 0.4) is 0 Å². The minimum atomic E-state index is -0.874. The molecule has 2 fully saturated rings. The molecule has 0 radical (unpaired) electrons. The molecule has 30 heavy (non-hydrogen) atoms. The molecule has 2 atom stereocenters. The number of urea groups is 1. The first-order chi connectivity index (χ1) is 14.2. The lowest BCUT2D eigenvalue weighted by molar-refractivity contribution is -0.133. The van der Waals surface area contributed by atoms with Crippen molar-refractivity contribution in [3.63, 3.8) is 0 Å². The van der Waals surface area contributed by atoms with Gasteiger partial charge in [-0.15, -0.1) is 0 Å². The van der Waals surface area contributed by atoms with Gasteiger partial charge in [-0.05, 0) is 62.9 Å². The molecule has 2 aromatic rings. The van der Waals surface area contributed by atoms with Gasteiger partial charge in [0, 0.05) is 22.6 Å². The lowest BCUT2D eigenvalue weighted by Crippen LogP contribution is -2.54. The summed E-state index contributed by atoms with van der Waals surface area (Å²) in [6.07, 6.45) is 3.42. The molecule has 1 saturated heterocycles.